The molecule has 2 aromatic carbocycles. The SMILES string of the molecule is CC(C)c1cc2ccccc2c(C(C)C)c1C(C)C.[H-].[H-].[Na+].[Na+]. The first-order valence-corrected chi connectivity index (χ1v) is 7.48. The molecule has 0 N–H and O–H groups in total. The standard InChI is InChI=1S/C19H26.2Na.2H/c1-12(2)17-11-15-9-7-8-10-16(15)18(13(3)4)19(17)14(5)6;;;;/h7-14H,1-6H3;;;;/q;2*+1;2*-1. The molecule has 0 saturated carbocycles. The Bertz CT molecular complexity index is 593. The van der Waals surface area contributed by atoms with Crippen molar-refractivity contribution in [3.63, 3.8) is 0 Å². The Morgan fingerprint density at radius 1 is 0.714 bits per heavy atom. The van der Waals surface area contributed by atoms with Gasteiger partial charge in [0.2, 0.25) is 0 Å². The minimum Gasteiger partial charge on any atom is -1.00 e. The Morgan fingerprint density at radius 3 is 1.71 bits per heavy atom. The van der Waals surface area contributed by atoms with Crippen molar-refractivity contribution in [1.82, 2.24) is 0 Å². The van der Waals surface area contributed by atoms with Crippen molar-refractivity contribution in [2.45, 2.75) is 59.3 Å². The predicted molar refractivity (Wildman–Crippen MR) is 88.4 cm³/mol. The van der Waals surface area contributed by atoms with E-state index in [0.29, 0.717) is 17.8 Å². The summed E-state index contributed by atoms with van der Waals surface area (Å²) in [6, 6.07) is 11.2. The molecule has 106 valence electrons. The molecular weight excluding hydrogens is 274 g/mol. The second-order valence-corrected chi connectivity index (χ2v) is 6.48. The van der Waals surface area contributed by atoms with Crippen molar-refractivity contribution in [2.24, 2.45) is 0 Å². The summed E-state index contributed by atoms with van der Waals surface area (Å²) in [5, 5.41) is 2.82. The molecule has 0 bridgehead atoms. The fourth-order valence-corrected chi connectivity index (χ4v) is 3.16. The monoisotopic (exact) mass is 302 g/mol. The van der Waals surface area contributed by atoms with Crippen LogP contribution >= 0.6 is 0 Å². The van der Waals surface area contributed by atoms with Crippen LogP contribution in [0.1, 0.15) is 78.8 Å². The smallest absolute Gasteiger partial charge is 1.00 e. The molecule has 0 heterocycles. The van der Waals surface area contributed by atoms with E-state index in [0.717, 1.165) is 0 Å². The van der Waals surface area contributed by atoms with Gasteiger partial charge in [-0.25, -0.2) is 0 Å². The van der Waals surface area contributed by atoms with Gasteiger partial charge in [0.25, 0.3) is 0 Å². The molecule has 21 heavy (non-hydrogen) atoms. The van der Waals surface area contributed by atoms with E-state index in [4.69, 9.17) is 0 Å². The van der Waals surface area contributed by atoms with Crippen molar-refractivity contribution < 1.29 is 62.0 Å². The minimum absolute atomic E-state index is 0. The van der Waals surface area contributed by atoms with Crippen LogP contribution in [-0.4, -0.2) is 0 Å². The van der Waals surface area contributed by atoms with Crippen molar-refractivity contribution in [3.05, 3.63) is 47.0 Å². The van der Waals surface area contributed by atoms with Crippen LogP contribution < -0.4 is 59.1 Å². The quantitative estimate of drug-likeness (QED) is 0.722. The third-order valence-electron chi connectivity index (χ3n) is 3.94. The van der Waals surface area contributed by atoms with Gasteiger partial charge in [-0.1, -0.05) is 71.9 Å². The van der Waals surface area contributed by atoms with Gasteiger partial charge in [0, 0.05) is 0 Å². The molecule has 0 aliphatic heterocycles. The summed E-state index contributed by atoms with van der Waals surface area (Å²) in [5.41, 5.74) is 4.65. The predicted octanol–water partition coefficient (Wildman–Crippen LogP) is 0.443. The van der Waals surface area contributed by atoms with Crippen LogP contribution in [0.3, 0.4) is 0 Å². The zero-order chi connectivity index (χ0) is 14.2. The molecule has 0 aromatic heterocycles. The summed E-state index contributed by atoms with van der Waals surface area (Å²) >= 11 is 0. The van der Waals surface area contributed by atoms with Crippen molar-refractivity contribution in [1.29, 1.82) is 0 Å². The maximum Gasteiger partial charge on any atom is 1.00 e. The van der Waals surface area contributed by atoms with E-state index < -0.39 is 0 Å². The number of fused-ring (bicyclic) bond motifs is 1. The summed E-state index contributed by atoms with van der Waals surface area (Å²) in [5.74, 6) is 1.74. The third-order valence-corrected chi connectivity index (χ3v) is 3.94. The summed E-state index contributed by atoms with van der Waals surface area (Å²) in [4.78, 5) is 0. The number of rotatable bonds is 3. The molecule has 0 atom stereocenters. The second-order valence-electron chi connectivity index (χ2n) is 6.48. The van der Waals surface area contributed by atoms with E-state index in [1.807, 2.05) is 0 Å². The van der Waals surface area contributed by atoms with E-state index in [1.54, 1.807) is 11.1 Å². The molecule has 2 rings (SSSR count). The Morgan fingerprint density at radius 2 is 1.24 bits per heavy atom. The van der Waals surface area contributed by atoms with Crippen LogP contribution in [0.15, 0.2) is 30.3 Å². The van der Waals surface area contributed by atoms with Gasteiger partial charge in [-0.05, 0) is 45.2 Å². The Kier molecular flexibility index (Phi) is 9.41. The molecule has 0 spiro atoms. The normalized spacial score (nSPS) is 10.9. The maximum absolute atomic E-state index is 2.40. The van der Waals surface area contributed by atoms with Gasteiger partial charge in [0.1, 0.15) is 0 Å². The van der Waals surface area contributed by atoms with Crippen LogP contribution in [0, 0.1) is 0 Å². The number of hydrogen-bond acceptors (Lipinski definition) is 0. The molecular formula is C19H28Na2. The molecule has 0 amide bonds. The Labute approximate surface area is 177 Å². The van der Waals surface area contributed by atoms with Crippen molar-refractivity contribution in [3.8, 4) is 0 Å². The summed E-state index contributed by atoms with van der Waals surface area (Å²) in [6.07, 6.45) is 0. The average molecular weight is 302 g/mol. The molecule has 0 fully saturated rings. The largest absolute Gasteiger partial charge is 1.00 e. The zero-order valence-electron chi connectivity index (χ0n) is 17.1. The van der Waals surface area contributed by atoms with E-state index >= 15 is 0 Å². The van der Waals surface area contributed by atoms with Crippen molar-refractivity contribution in [2.75, 3.05) is 0 Å². The van der Waals surface area contributed by atoms with Gasteiger partial charge in [-0.2, -0.15) is 0 Å². The number of hydrogen-bond donors (Lipinski definition) is 0. The van der Waals surface area contributed by atoms with Crippen LogP contribution in [0.5, 0.6) is 0 Å². The van der Waals surface area contributed by atoms with E-state index in [9.17, 15) is 0 Å². The summed E-state index contributed by atoms with van der Waals surface area (Å²) in [7, 11) is 0. The molecule has 0 saturated heterocycles. The molecule has 0 aliphatic rings. The molecule has 0 aliphatic carbocycles. The van der Waals surface area contributed by atoms with E-state index in [1.165, 1.54) is 16.3 Å². The topological polar surface area (TPSA) is 0 Å². The summed E-state index contributed by atoms with van der Waals surface area (Å²) < 4.78 is 0. The molecule has 2 aromatic rings. The summed E-state index contributed by atoms with van der Waals surface area (Å²) in [6.45, 7) is 13.9. The molecule has 0 nitrogen and oxygen atoms in total. The van der Waals surface area contributed by atoms with Gasteiger partial charge in [0.05, 0.1) is 0 Å². The van der Waals surface area contributed by atoms with Gasteiger partial charge in [-0.15, -0.1) is 0 Å². The van der Waals surface area contributed by atoms with Gasteiger partial charge in [-0.3, -0.25) is 0 Å². The van der Waals surface area contributed by atoms with Crippen molar-refractivity contribution >= 4 is 10.8 Å². The fraction of sp³-hybridized carbons (Fsp3) is 0.474. The first-order valence-electron chi connectivity index (χ1n) is 7.48. The minimum atomic E-state index is 0. The molecule has 0 radical (unpaired) electrons. The average Bonchev–Trinajstić information content (AvgIpc) is 2.35. The van der Waals surface area contributed by atoms with Gasteiger partial charge in [0.15, 0.2) is 0 Å². The van der Waals surface area contributed by atoms with E-state index in [-0.39, 0.29) is 62.0 Å². The Hall–Kier alpha value is 0.700. The molecule has 2 heteroatoms. The number of benzene rings is 2. The first-order chi connectivity index (χ1) is 8.93. The van der Waals surface area contributed by atoms with E-state index in [2.05, 4.69) is 71.9 Å². The molecule has 0 unspecified atom stereocenters. The van der Waals surface area contributed by atoms with Crippen LogP contribution in [-0.2, 0) is 0 Å². The van der Waals surface area contributed by atoms with Crippen LogP contribution in [0.25, 0.3) is 10.8 Å². The van der Waals surface area contributed by atoms with Crippen LogP contribution in [0.2, 0.25) is 0 Å². The van der Waals surface area contributed by atoms with Gasteiger partial charge < -0.3 is 2.85 Å². The maximum atomic E-state index is 2.40. The Balaban J connectivity index is -0.000001000. The zero-order valence-corrected chi connectivity index (χ0v) is 19.1. The van der Waals surface area contributed by atoms with Gasteiger partial charge >= 0.3 is 59.1 Å². The first kappa shape index (κ1) is 21.7. The third kappa shape index (κ3) is 4.59. The van der Waals surface area contributed by atoms with Crippen LogP contribution in [0.4, 0.5) is 0 Å². The second kappa shape index (κ2) is 9.11. The fourth-order valence-electron chi connectivity index (χ4n) is 3.16.